The molecule has 96 valence electrons. The Hall–Kier alpha value is -1.25. The van der Waals surface area contributed by atoms with Crippen LogP contribution in [0.5, 0.6) is 0 Å². The number of unbranched alkanes of at least 4 members (excludes halogenated alkanes) is 2. The molecule has 17 heavy (non-hydrogen) atoms. The number of hydrogen-bond donors (Lipinski definition) is 1. The van der Waals surface area contributed by atoms with E-state index in [-0.39, 0.29) is 0 Å². The average Bonchev–Trinajstić information content (AvgIpc) is 2.29. The molecule has 3 heteroatoms. The first-order chi connectivity index (χ1) is 8.15. The van der Waals surface area contributed by atoms with Crippen LogP contribution in [0.15, 0.2) is 18.3 Å². The van der Waals surface area contributed by atoms with Crippen molar-refractivity contribution in [3.05, 3.63) is 18.3 Å². The van der Waals surface area contributed by atoms with Gasteiger partial charge in [-0.05, 0) is 25.5 Å². The van der Waals surface area contributed by atoms with Gasteiger partial charge in [0.2, 0.25) is 0 Å². The van der Waals surface area contributed by atoms with E-state index >= 15 is 0 Å². The fourth-order valence-corrected chi connectivity index (χ4v) is 1.90. The molecule has 0 radical (unpaired) electrons. The van der Waals surface area contributed by atoms with Gasteiger partial charge < -0.3 is 10.2 Å². The zero-order valence-corrected chi connectivity index (χ0v) is 11.5. The van der Waals surface area contributed by atoms with Gasteiger partial charge in [-0.2, -0.15) is 0 Å². The van der Waals surface area contributed by atoms with E-state index in [0.717, 1.165) is 11.5 Å². The summed E-state index contributed by atoms with van der Waals surface area (Å²) in [6.45, 7) is 4.48. The monoisotopic (exact) mass is 235 g/mol. The van der Waals surface area contributed by atoms with Crippen molar-refractivity contribution < 1.29 is 0 Å². The van der Waals surface area contributed by atoms with Crippen molar-refractivity contribution in [3.63, 3.8) is 0 Å². The lowest BCUT2D eigenvalue weighted by Gasteiger charge is -2.20. The number of anilines is 2. The Bertz CT molecular complexity index is 323. The number of nitrogens with one attached hydrogen (secondary N) is 1. The topological polar surface area (TPSA) is 28.2 Å². The molecule has 3 nitrogen and oxygen atoms in total. The van der Waals surface area contributed by atoms with Gasteiger partial charge in [0.25, 0.3) is 0 Å². The molecule has 0 fully saturated rings. The highest BCUT2D eigenvalue weighted by molar-refractivity contribution is 5.64. The molecular weight excluding hydrogens is 210 g/mol. The van der Waals surface area contributed by atoms with Crippen molar-refractivity contribution >= 4 is 11.5 Å². The van der Waals surface area contributed by atoms with Crippen LogP contribution in [0.1, 0.15) is 39.5 Å². The first-order valence-electron chi connectivity index (χ1n) is 6.54. The van der Waals surface area contributed by atoms with E-state index in [0.29, 0.717) is 6.04 Å². The Balaban J connectivity index is 2.55. The van der Waals surface area contributed by atoms with Gasteiger partial charge in [-0.25, -0.2) is 4.98 Å². The first-order valence-corrected chi connectivity index (χ1v) is 6.54. The molecule has 1 N–H and O–H groups in total. The van der Waals surface area contributed by atoms with Crippen LogP contribution in [0.25, 0.3) is 0 Å². The van der Waals surface area contributed by atoms with E-state index in [2.05, 4.69) is 30.2 Å². The maximum Gasteiger partial charge on any atom is 0.151 e. The quantitative estimate of drug-likeness (QED) is 0.733. The zero-order valence-electron chi connectivity index (χ0n) is 11.5. The first kappa shape index (κ1) is 13.8. The van der Waals surface area contributed by atoms with Crippen LogP contribution < -0.4 is 10.2 Å². The van der Waals surface area contributed by atoms with Crippen molar-refractivity contribution in [3.8, 4) is 0 Å². The van der Waals surface area contributed by atoms with Crippen molar-refractivity contribution in [1.29, 1.82) is 0 Å². The van der Waals surface area contributed by atoms with Gasteiger partial charge in [-0.3, -0.25) is 0 Å². The minimum Gasteiger partial charge on any atom is -0.380 e. The highest BCUT2D eigenvalue weighted by atomic mass is 15.2. The smallest absolute Gasteiger partial charge is 0.151 e. The van der Waals surface area contributed by atoms with E-state index in [1.165, 1.54) is 25.7 Å². The molecule has 0 bridgehead atoms. The van der Waals surface area contributed by atoms with E-state index in [1.54, 1.807) is 0 Å². The van der Waals surface area contributed by atoms with Crippen LogP contribution in [-0.4, -0.2) is 25.1 Å². The van der Waals surface area contributed by atoms with Crippen LogP contribution in [0.2, 0.25) is 0 Å². The number of aromatic nitrogens is 1. The van der Waals surface area contributed by atoms with Gasteiger partial charge in [0, 0.05) is 26.3 Å². The molecule has 0 aromatic carbocycles. The minimum atomic E-state index is 0.504. The van der Waals surface area contributed by atoms with Crippen molar-refractivity contribution in [2.24, 2.45) is 0 Å². The van der Waals surface area contributed by atoms with Gasteiger partial charge in [-0.1, -0.05) is 26.2 Å². The minimum absolute atomic E-state index is 0.504. The molecule has 0 saturated carbocycles. The van der Waals surface area contributed by atoms with E-state index in [9.17, 15) is 0 Å². The lowest BCUT2D eigenvalue weighted by Crippen LogP contribution is -2.19. The summed E-state index contributed by atoms with van der Waals surface area (Å²) in [5.74, 6) is 1.01. The van der Waals surface area contributed by atoms with Crippen LogP contribution in [0.3, 0.4) is 0 Å². The van der Waals surface area contributed by atoms with E-state index in [4.69, 9.17) is 0 Å². The number of pyridine rings is 1. The molecule has 1 rings (SSSR count). The summed E-state index contributed by atoms with van der Waals surface area (Å²) in [6.07, 6.45) is 6.95. The second-order valence-electron chi connectivity index (χ2n) is 4.81. The van der Waals surface area contributed by atoms with Crippen LogP contribution in [-0.2, 0) is 0 Å². The van der Waals surface area contributed by atoms with Crippen molar-refractivity contribution in [1.82, 2.24) is 4.98 Å². The molecular formula is C14H25N3. The maximum atomic E-state index is 4.39. The SMILES string of the molecule is CCCCCC(C)Nc1cccnc1N(C)C. The fourth-order valence-electron chi connectivity index (χ4n) is 1.90. The van der Waals surface area contributed by atoms with Crippen molar-refractivity contribution in [2.75, 3.05) is 24.3 Å². The third-order valence-electron chi connectivity index (χ3n) is 2.85. The fraction of sp³-hybridized carbons (Fsp3) is 0.643. The number of nitrogens with zero attached hydrogens (tertiary/aromatic N) is 2. The summed E-state index contributed by atoms with van der Waals surface area (Å²) in [5.41, 5.74) is 1.13. The third-order valence-corrected chi connectivity index (χ3v) is 2.85. The molecule has 1 heterocycles. The summed E-state index contributed by atoms with van der Waals surface area (Å²) < 4.78 is 0. The largest absolute Gasteiger partial charge is 0.380 e. The second-order valence-corrected chi connectivity index (χ2v) is 4.81. The zero-order chi connectivity index (χ0) is 12.7. The maximum absolute atomic E-state index is 4.39. The Kier molecular flexibility index (Phi) is 5.81. The third kappa shape index (κ3) is 4.63. The summed E-state index contributed by atoms with van der Waals surface area (Å²) in [7, 11) is 4.05. The predicted octanol–water partition coefficient (Wildman–Crippen LogP) is 3.53. The van der Waals surface area contributed by atoms with E-state index in [1.807, 2.05) is 31.3 Å². The van der Waals surface area contributed by atoms with Crippen LogP contribution in [0, 0.1) is 0 Å². The molecule has 0 aliphatic rings. The molecule has 1 aromatic rings. The van der Waals surface area contributed by atoms with Gasteiger partial charge in [0.1, 0.15) is 0 Å². The summed E-state index contributed by atoms with van der Waals surface area (Å²) >= 11 is 0. The second kappa shape index (κ2) is 7.15. The molecule has 0 spiro atoms. The highest BCUT2D eigenvalue weighted by Crippen LogP contribution is 2.22. The Morgan fingerprint density at radius 3 is 2.76 bits per heavy atom. The molecule has 0 aliphatic carbocycles. The van der Waals surface area contributed by atoms with Crippen molar-refractivity contribution in [2.45, 2.75) is 45.6 Å². The Labute approximate surface area is 105 Å². The van der Waals surface area contributed by atoms with Gasteiger partial charge in [0.15, 0.2) is 5.82 Å². The molecule has 1 atom stereocenters. The lowest BCUT2D eigenvalue weighted by molar-refractivity contribution is 0.615. The highest BCUT2D eigenvalue weighted by Gasteiger charge is 2.08. The van der Waals surface area contributed by atoms with Gasteiger partial charge >= 0.3 is 0 Å². The Morgan fingerprint density at radius 2 is 2.12 bits per heavy atom. The summed E-state index contributed by atoms with van der Waals surface area (Å²) in [5, 5.41) is 3.55. The van der Waals surface area contributed by atoms with Crippen LogP contribution in [0.4, 0.5) is 11.5 Å². The van der Waals surface area contributed by atoms with Gasteiger partial charge in [-0.15, -0.1) is 0 Å². The standard InChI is InChI=1S/C14H25N3/c1-5-6-7-9-12(2)16-13-10-8-11-15-14(13)17(3)4/h8,10-12,16H,5-7,9H2,1-4H3. The van der Waals surface area contributed by atoms with E-state index < -0.39 is 0 Å². The normalized spacial score (nSPS) is 12.2. The predicted molar refractivity (Wildman–Crippen MR) is 75.8 cm³/mol. The van der Waals surface area contributed by atoms with Gasteiger partial charge in [0.05, 0.1) is 5.69 Å². The lowest BCUT2D eigenvalue weighted by atomic mass is 10.1. The number of rotatable bonds is 7. The molecule has 0 saturated heterocycles. The molecule has 1 unspecified atom stereocenters. The molecule has 0 amide bonds. The number of hydrogen-bond acceptors (Lipinski definition) is 3. The molecule has 0 aliphatic heterocycles. The summed E-state index contributed by atoms with van der Waals surface area (Å²) in [4.78, 5) is 6.43. The van der Waals surface area contributed by atoms with Crippen LogP contribution >= 0.6 is 0 Å². The molecule has 1 aromatic heterocycles. The Morgan fingerprint density at radius 1 is 1.35 bits per heavy atom. The summed E-state index contributed by atoms with van der Waals surface area (Å²) in [6, 6.07) is 4.58. The average molecular weight is 235 g/mol.